The van der Waals surface area contributed by atoms with Crippen molar-refractivity contribution in [1.82, 2.24) is 44.9 Å². The Morgan fingerprint density at radius 1 is 0.103 bits per heavy atom. The molecular formula is C137H93N9. The molecule has 0 spiro atoms. The fraction of sp³-hybridized carbons (Fsp3) is 0. The van der Waals surface area contributed by atoms with Crippen LogP contribution in [0.1, 0.15) is 0 Å². The minimum atomic E-state index is 0.656. The maximum atomic E-state index is 5.32. The monoisotopic (exact) mass is 1860 g/mol. The fourth-order valence-corrected chi connectivity index (χ4v) is 19.0. The van der Waals surface area contributed by atoms with Crippen LogP contribution in [-0.4, -0.2) is 44.9 Å². The van der Waals surface area contributed by atoms with Crippen LogP contribution in [0.5, 0.6) is 0 Å². The number of hydrogen-bond acceptors (Lipinski definition) is 9. The lowest BCUT2D eigenvalue weighted by Crippen LogP contribution is -1.97. The highest BCUT2D eigenvalue weighted by Gasteiger charge is 2.22. The number of hydrogen-bond donors (Lipinski definition) is 0. The molecule has 0 saturated carbocycles. The van der Waals surface area contributed by atoms with Crippen molar-refractivity contribution < 1.29 is 0 Å². The molecule has 0 aliphatic carbocycles. The molecular weight excluding hydrogens is 1770 g/mol. The van der Waals surface area contributed by atoms with E-state index in [1.807, 2.05) is 122 Å². The van der Waals surface area contributed by atoms with Gasteiger partial charge in [0.1, 0.15) is 0 Å². The Bertz CT molecular complexity index is 8460. The summed E-state index contributed by atoms with van der Waals surface area (Å²) in [4.78, 5) is 44.4. The van der Waals surface area contributed by atoms with Crippen LogP contribution in [0, 0.1) is 0 Å². The number of nitrogens with zero attached hydrogens (tertiary/aromatic N) is 9. The van der Waals surface area contributed by atoms with Crippen molar-refractivity contribution in [2.24, 2.45) is 0 Å². The van der Waals surface area contributed by atoms with Crippen LogP contribution in [0.15, 0.2) is 565 Å². The summed E-state index contributed by atoms with van der Waals surface area (Å²) in [5.74, 6) is 0.656. The number of pyridine rings is 7. The van der Waals surface area contributed by atoms with Gasteiger partial charge in [0.15, 0.2) is 5.82 Å². The van der Waals surface area contributed by atoms with Crippen molar-refractivity contribution in [2.75, 3.05) is 0 Å². The zero-order chi connectivity index (χ0) is 97.5. The zero-order valence-electron chi connectivity index (χ0n) is 79.7. The first-order valence-corrected chi connectivity index (χ1v) is 49.0. The van der Waals surface area contributed by atoms with Crippen molar-refractivity contribution in [3.63, 3.8) is 0 Å². The third-order valence-corrected chi connectivity index (χ3v) is 26.5. The summed E-state index contributed by atoms with van der Waals surface area (Å²) in [6.07, 6.45) is 9.29. The molecule has 9 heteroatoms. The van der Waals surface area contributed by atoms with Crippen molar-refractivity contribution >= 4 is 21.5 Å². The Labute approximate surface area is 849 Å². The number of benzene rings is 17. The average molecular weight is 1870 g/mol. The highest BCUT2D eigenvalue weighted by atomic mass is 14.9. The summed E-state index contributed by atoms with van der Waals surface area (Å²) in [6.45, 7) is 0. The molecule has 8 aromatic heterocycles. The molecule has 686 valence electrons. The Balaban J connectivity index is 0.000000122. The van der Waals surface area contributed by atoms with Gasteiger partial charge in [0, 0.05) is 97.7 Å². The molecule has 0 N–H and O–H groups in total. The van der Waals surface area contributed by atoms with Gasteiger partial charge in [0.2, 0.25) is 0 Å². The highest BCUT2D eigenvalue weighted by molar-refractivity contribution is 6.02. The Morgan fingerprint density at radius 3 is 0.692 bits per heavy atom. The first-order valence-electron chi connectivity index (χ1n) is 49.0. The van der Waals surface area contributed by atoms with Crippen molar-refractivity contribution in [3.8, 4) is 224 Å². The normalized spacial score (nSPS) is 11.0. The predicted molar refractivity (Wildman–Crippen MR) is 603 cm³/mol. The van der Waals surface area contributed by atoms with E-state index in [0.717, 1.165) is 207 Å². The molecule has 17 aromatic carbocycles. The molecule has 0 unspecified atom stereocenters. The average Bonchev–Trinajstić information content (AvgIpc) is 0.764. The van der Waals surface area contributed by atoms with Gasteiger partial charge in [0.05, 0.1) is 62.6 Å². The Kier molecular flexibility index (Phi) is 26.1. The predicted octanol–water partition coefficient (Wildman–Crippen LogP) is 35.3. The van der Waals surface area contributed by atoms with Crippen molar-refractivity contribution in [3.05, 3.63) is 565 Å². The van der Waals surface area contributed by atoms with Crippen LogP contribution in [0.4, 0.5) is 0 Å². The quantitative estimate of drug-likeness (QED) is 0.0735. The second-order valence-electron chi connectivity index (χ2n) is 36.0. The van der Waals surface area contributed by atoms with Gasteiger partial charge in [0.25, 0.3) is 0 Å². The van der Waals surface area contributed by atoms with Gasteiger partial charge in [-0.25, -0.2) is 19.9 Å². The molecule has 0 bridgehead atoms. The molecule has 0 radical (unpaired) electrons. The topological polar surface area (TPSA) is 116 Å². The first kappa shape index (κ1) is 90.2. The molecule has 8 heterocycles. The molecule has 146 heavy (non-hydrogen) atoms. The SMILES string of the molecule is c1ccc(-c2ccc(-c3cc(-c4cc(-c5ccccc5)nc(-c5ccccc5)c4)cc(-c4ccccn4)c3)cc2)cc1.c1ccc(-c2ccc(-c3cc(-c4ccc(-c5ccccn5)cc4)nc(-c4cc(-c5cccc6ccccc56)cc(-c5cccc6ccccc56)c4)n3)cc2)nc1.c1ccc(-c2ccnc(-c3cc(-c4cc(-c5ccccc5)nc(-c5ccccc5)c4)cc(-c4cc(-c5ccccc5)ccn4)c3)c2)cc1. The molecule has 0 saturated heterocycles. The third-order valence-electron chi connectivity index (χ3n) is 26.5. The number of fused-ring (bicyclic) bond motifs is 2. The number of aromatic nitrogens is 9. The van der Waals surface area contributed by atoms with Crippen LogP contribution in [0.25, 0.3) is 246 Å². The van der Waals surface area contributed by atoms with Crippen LogP contribution in [0.2, 0.25) is 0 Å². The van der Waals surface area contributed by atoms with E-state index in [4.69, 9.17) is 34.9 Å². The summed E-state index contributed by atoms with van der Waals surface area (Å²) >= 11 is 0. The maximum Gasteiger partial charge on any atom is 0.160 e. The summed E-state index contributed by atoms with van der Waals surface area (Å²) in [5, 5.41) is 4.80. The summed E-state index contributed by atoms with van der Waals surface area (Å²) in [6, 6.07) is 186. The second-order valence-corrected chi connectivity index (χ2v) is 36.0. The minimum absolute atomic E-state index is 0.656. The van der Waals surface area contributed by atoms with Gasteiger partial charge in [-0.1, -0.05) is 388 Å². The van der Waals surface area contributed by atoms with E-state index in [-0.39, 0.29) is 0 Å². The molecule has 0 fully saturated rings. The first-order chi connectivity index (χ1) is 72.3. The van der Waals surface area contributed by atoms with E-state index in [2.05, 4.69) is 453 Å². The second kappa shape index (κ2) is 42.2. The van der Waals surface area contributed by atoms with Gasteiger partial charge < -0.3 is 0 Å². The largest absolute Gasteiger partial charge is 0.256 e. The van der Waals surface area contributed by atoms with E-state index < -0.39 is 0 Å². The van der Waals surface area contributed by atoms with Crippen molar-refractivity contribution in [2.45, 2.75) is 0 Å². The lowest BCUT2D eigenvalue weighted by Gasteiger charge is -2.15. The van der Waals surface area contributed by atoms with E-state index >= 15 is 0 Å². The lowest BCUT2D eigenvalue weighted by molar-refractivity contribution is 1.18. The minimum Gasteiger partial charge on any atom is -0.256 e. The van der Waals surface area contributed by atoms with Gasteiger partial charge in [-0.2, -0.15) is 0 Å². The molecule has 0 atom stereocenters. The van der Waals surface area contributed by atoms with E-state index in [9.17, 15) is 0 Å². The Morgan fingerprint density at radius 2 is 0.329 bits per heavy atom. The van der Waals surface area contributed by atoms with E-state index in [0.29, 0.717) is 5.82 Å². The van der Waals surface area contributed by atoms with Crippen LogP contribution < -0.4 is 0 Å². The molecule has 0 aliphatic rings. The highest BCUT2D eigenvalue weighted by Crippen LogP contribution is 2.44. The zero-order valence-corrected chi connectivity index (χ0v) is 79.7. The van der Waals surface area contributed by atoms with E-state index in [1.165, 1.54) is 32.7 Å². The lowest BCUT2D eigenvalue weighted by atomic mass is 9.91. The summed E-state index contributed by atoms with van der Waals surface area (Å²) in [5.41, 5.74) is 40.7. The smallest absolute Gasteiger partial charge is 0.160 e. The summed E-state index contributed by atoms with van der Waals surface area (Å²) in [7, 11) is 0. The molecule has 0 amide bonds. The molecule has 9 nitrogen and oxygen atoms in total. The molecule has 25 aromatic rings. The van der Waals surface area contributed by atoms with E-state index in [1.54, 1.807) is 0 Å². The van der Waals surface area contributed by atoms with Crippen LogP contribution >= 0.6 is 0 Å². The van der Waals surface area contributed by atoms with Gasteiger partial charge in [-0.15, -0.1) is 0 Å². The third kappa shape index (κ3) is 20.4. The van der Waals surface area contributed by atoms with Gasteiger partial charge in [-0.05, 0) is 256 Å². The number of rotatable bonds is 20. The Hall–Kier alpha value is -19.6. The van der Waals surface area contributed by atoms with Gasteiger partial charge >= 0.3 is 0 Å². The van der Waals surface area contributed by atoms with Crippen LogP contribution in [-0.2, 0) is 0 Å². The maximum absolute atomic E-state index is 5.32. The van der Waals surface area contributed by atoms with Crippen molar-refractivity contribution in [1.29, 1.82) is 0 Å². The standard InChI is InChI=1S/C52H34N4.C45H31N3.C40H28N2/c1-3-15-44-35(11-1)13-9-17-46(44)41-31-42(47-18-10-14-36-12-2-4-16-45(36)47)33-43(32-41)52-55-50(39-25-21-37(22-26-39)48-19-5-7-29-53-48)34-51(56-52)40-27-23-38(24-28-40)49-20-6-8-30-54-49;1-5-13-32(14-6-1)36-21-23-46-42(28-36)40-25-38(26-41(27-40)43-29-37(22-24-47-43)33-15-7-2-8-16-33)39-30-44(34-17-9-3-10-18-34)48-45(31-39)35-19-11-4-12-20-35;1-4-12-29(13-5-1)30-19-21-31(22-20-30)34-24-35(26-37(25-34)38-18-10-11-23-41-38)36-27-39(32-14-6-2-7-15-32)42-40(28-36)33-16-8-3-9-17-33/h1-34H;1-31H;1-28H. The van der Waals surface area contributed by atoms with Gasteiger partial charge in [-0.3, -0.25) is 24.9 Å². The fourth-order valence-electron chi connectivity index (χ4n) is 19.0. The van der Waals surface area contributed by atoms with Crippen LogP contribution in [0.3, 0.4) is 0 Å². The summed E-state index contributed by atoms with van der Waals surface area (Å²) < 4.78 is 0. The molecule has 0 aliphatic heterocycles. The molecule has 25 rings (SSSR count).